The van der Waals surface area contributed by atoms with E-state index >= 15 is 0 Å². The van der Waals surface area contributed by atoms with E-state index in [1.807, 2.05) is 6.92 Å². The molecule has 1 aliphatic carbocycles. The summed E-state index contributed by atoms with van der Waals surface area (Å²) < 4.78 is 18.0. The zero-order valence-corrected chi connectivity index (χ0v) is 17.3. The van der Waals surface area contributed by atoms with Crippen LogP contribution in [-0.4, -0.2) is 31.1 Å². The fourth-order valence-corrected chi connectivity index (χ4v) is 5.44. The molecule has 4 nitrogen and oxygen atoms in total. The molecule has 0 aromatic heterocycles. The number of esters is 1. The van der Waals surface area contributed by atoms with Gasteiger partial charge in [-0.15, -0.1) is 0 Å². The Bertz CT molecular complexity index is 768. The first kappa shape index (κ1) is 20.1. The Labute approximate surface area is 173 Å². The molecule has 1 saturated heterocycles. The van der Waals surface area contributed by atoms with Crippen molar-refractivity contribution in [1.29, 1.82) is 0 Å². The molecule has 2 fully saturated rings. The third-order valence-corrected chi connectivity index (χ3v) is 6.57. The molecular weight excluding hydrogens is 364 g/mol. The fraction of sp³-hybridized carbons (Fsp3) is 0.480. The number of ether oxygens (including phenoxy) is 3. The predicted octanol–water partition coefficient (Wildman–Crippen LogP) is 5.07. The van der Waals surface area contributed by atoms with Crippen LogP contribution in [0.4, 0.5) is 0 Å². The van der Waals surface area contributed by atoms with Gasteiger partial charge in [0.15, 0.2) is 11.9 Å². The van der Waals surface area contributed by atoms with Crippen molar-refractivity contribution in [2.24, 2.45) is 5.41 Å². The van der Waals surface area contributed by atoms with Crippen molar-refractivity contribution < 1.29 is 19.0 Å². The average molecular weight is 395 g/mol. The molecule has 0 spiro atoms. The zero-order chi connectivity index (χ0) is 20.3. The Balaban J connectivity index is 1.77. The second kappa shape index (κ2) is 8.29. The summed E-state index contributed by atoms with van der Waals surface area (Å²) in [7, 11) is 0. The lowest BCUT2D eigenvalue weighted by Gasteiger charge is -2.45. The van der Waals surface area contributed by atoms with E-state index in [9.17, 15) is 4.79 Å². The van der Waals surface area contributed by atoms with Gasteiger partial charge in [-0.3, -0.25) is 0 Å². The Morgan fingerprint density at radius 3 is 2.21 bits per heavy atom. The van der Waals surface area contributed by atoms with Gasteiger partial charge in [-0.05, 0) is 44.2 Å². The van der Waals surface area contributed by atoms with Crippen molar-refractivity contribution in [2.75, 3.05) is 13.2 Å². The summed E-state index contributed by atoms with van der Waals surface area (Å²) in [4.78, 5) is 12.3. The van der Waals surface area contributed by atoms with E-state index in [2.05, 4.69) is 60.7 Å². The van der Waals surface area contributed by atoms with Crippen LogP contribution in [0.15, 0.2) is 60.7 Å². The molecule has 2 aromatic rings. The summed E-state index contributed by atoms with van der Waals surface area (Å²) in [6.07, 6.45) is 3.09. The maximum Gasteiger partial charge on any atom is 0.335 e. The fourth-order valence-electron chi connectivity index (χ4n) is 5.44. The molecule has 4 heteroatoms. The van der Waals surface area contributed by atoms with Gasteiger partial charge in [-0.25, -0.2) is 4.79 Å². The molecule has 0 N–H and O–H groups in total. The molecule has 1 saturated carbocycles. The molecule has 154 valence electrons. The number of hydrogen-bond acceptors (Lipinski definition) is 4. The highest BCUT2D eigenvalue weighted by molar-refractivity contribution is 5.74. The summed E-state index contributed by atoms with van der Waals surface area (Å²) in [6, 6.07) is 21.3. The Morgan fingerprint density at radius 2 is 1.62 bits per heavy atom. The highest BCUT2D eigenvalue weighted by atomic mass is 16.7. The van der Waals surface area contributed by atoms with E-state index in [0.717, 1.165) is 25.7 Å². The van der Waals surface area contributed by atoms with Crippen LogP contribution in [0.25, 0.3) is 0 Å². The van der Waals surface area contributed by atoms with Crippen molar-refractivity contribution in [3.05, 3.63) is 71.8 Å². The molecule has 29 heavy (non-hydrogen) atoms. The summed E-state index contributed by atoms with van der Waals surface area (Å²) in [6.45, 7) is 4.58. The van der Waals surface area contributed by atoms with Gasteiger partial charge in [0, 0.05) is 17.8 Å². The number of carbonyl (C=O) groups excluding carboxylic acids is 1. The monoisotopic (exact) mass is 394 g/mol. The Morgan fingerprint density at radius 1 is 1.00 bits per heavy atom. The van der Waals surface area contributed by atoms with Gasteiger partial charge in [0.05, 0.1) is 13.2 Å². The number of hydrogen-bond donors (Lipinski definition) is 0. The third-order valence-electron chi connectivity index (χ3n) is 6.57. The predicted molar refractivity (Wildman–Crippen MR) is 111 cm³/mol. The molecule has 2 aliphatic rings. The average Bonchev–Trinajstić information content (AvgIpc) is 3.25. The SMILES string of the molecule is CCOC(=O)C(C)O[C@]12CCCC1(C(c1ccccc1)c1ccccc1)CCO2. The second-order valence-electron chi connectivity index (χ2n) is 8.13. The highest BCUT2D eigenvalue weighted by Crippen LogP contribution is 2.64. The van der Waals surface area contributed by atoms with Crippen molar-refractivity contribution >= 4 is 5.97 Å². The topological polar surface area (TPSA) is 44.8 Å². The normalized spacial score (nSPS) is 27.0. The maximum atomic E-state index is 12.3. The molecule has 1 heterocycles. The second-order valence-corrected chi connectivity index (χ2v) is 8.13. The molecule has 2 unspecified atom stereocenters. The largest absolute Gasteiger partial charge is 0.464 e. The number of benzene rings is 2. The summed E-state index contributed by atoms with van der Waals surface area (Å²) >= 11 is 0. The third kappa shape index (κ3) is 3.49. The number of fused-ring (bicyclic) bond motifs is 1. The minimum atomic E-state index is -0.768. The van der Waals surface area contributed by atoms with Gasteiger partial charge >= 0.3 is 5.97 Å². The van der Waals surface area contributed by atoms with Gasteiger partial charge in [0.1, 0.15) is 0 Å². The van der Waals surface area contributed by atoms with Crippen molar-refractivity contribution in [1.82, 2.24) is 0 Å². The van der Waals surface area contributed by atoms with Crippen LogP contribution >= 0.6 is 0 Å². The van der Waals surface area contributed by atoms with Crippen molar-refractivity contribution in [2.45, 2.75) is 57.3 Å². The number of rotatable bonds is 7. The van der Waals surface area contributed by atoms with Crippen LogP contribution in [0.3, 0.4) is 0 Å². The zero-order valence-electron chi connectivity index (χ0n) is 17.3. The molecule has 0 amide bonds. The molecule has 3 atom stereocenters. The molecular formula is C25H30O4. The highest BCUT2D eigenvalue weighted by Gasteiger charge is 2.65. The van der Waals surface area contributed by atoms with Gasteiger partial charge in [0.2, 0.25) is 0 Å². The van der Waals surface area contributed by atoms with Crippen LogP contribution in [-0.2, 0) is 19.0 Å². The lowest BCUT2D eigenvalue weighted by molar-refractivity contribution is -0.269. The van der Waals surface area contributed by atoms with Gasteiger partial charge in [-0.2, -0.15) is 0 Å². The quantitative estimate of drug-likeness (QED) is 0.615. The van der Waals surface area contributed by atoms with E-state index in [1.54, 1.807) is 6.92 Å². The van der Waals surface area contributed by atoms with Gasteiger partial charge in [-0.1, -0.05) is 60.7 Å². The van der Waals surface area contributed by atoms with Crippen LogP contribution in [0.5, 0.6) is 0 Å². The first-order valence-corrected chi connectivity index (χ1v) is 10.7. The van der Waals surface area contributed by atoms with E-state index in [0.29, 0.717) is 13.2 Å². The van der Waals surface area contributed by atoms with Gasteiger partial charge in [0.25, 0.3) is 0 Å². The van der Waals surface area contributed by atoms with Crippen LogP contribution < -0.4 is 0 Å². The maximum absolute atomic E-state index is 12.3. The standard InChI is InChI=1S/C25H30O4/c1-3-27-23(26)19(2)29-25-16-10-15-24(25,17-18-28-25)22(20-11-6-4-7-12-20)21-13-8-5-9-14-21/h4-9,11-14,19,22H,3,10,15-18H2,1-2H3/t19?,24?,25-/m1/s1. The first-order chi connectivity index (χ1) is 14.1. The van der Waals surface area contributed by atoms with Crippen molar-refractivity contribution in [3.8, 4) is 0 Å². The summed E-state index contributed by atoms with van der Waals surface area (Å²) in [5.74, 6) is -0.950. The number of carbonyl (C=O) groups is 1. The summed E-state index contributed by atoms with van der Waals surface area (Å²) in [5, 5.41) is 0. The molecule has 0 bridgehead atoms. The molecule has 1 aliphatic heterocycles. The van der Waals surface area contributed by atoms with E-state index in [4.69, 9.17) is 14.2 Å². The van der Waals surface area contributed by atoms with Crippen LogP contribution in [0.2, 0.25) is 0 Å². The Kier molecular flexibility index (Phi) is 5.75. The lowest BCUT2D eigenvalue weighted by Crippen LogP contribution is -2.50. The molecule has 0 radical (unpaired) electrons. The first-order valence-electron chi connectivity index (χ1n) is 10.7. The minimum Gasteiger partial charge on any atom is -0.464 e. The minimum absolute atomic E-state index is 0.143. The van der Waals surface area contributed by atoms with Gasteiger partial charge < -0.3 is 14.2 Å². The molecule has 4 rings (SSSR count). The van der Waals surface area contributed by atoms with E-state index in [-0.39, 0.29) is 17.3 Å². The summed E-state index contributed by atoms with van der Waals surface area (Å²) in [5.41, 5.74) is 2.32. The van der Waals surface area contributed by atoms with E-state index in [1.165, 1.54) is 11.1 Å². The Hall–Kier alpha value is -2.17. The molecule has 2 aromatic carbocycles. The van der Waals surface area contributed by atoms with Crippen molar-refractivity contribution in [3.63, 3.8) is 0 Å². The van der Waals surface area contributed by atoms with Crippen LogP contribution in [0, 0.1) is 5.41 Å². The smallest absolute Gasteiger partial charge is 0.335 e. The van der Waals surface area contributed by atoms with Crippen LogP contribution in [0.1, 0.15) is 56.6 Å². The van der Waals surface area contributed by atoms with E-state index < -0.39 is 11.9 Å². The lowest BCUT2D eigenvalue weighted by atomic mass is 9.64.